The molecule has 4 aromatic rings. The molecule has 0 nitrogen and oxygen atoms in total. The molecule has 4 aromatic carbocycles. The van der Waals surface area contributed by atoms with Crippen LogP contribution in [0.3, 0.4) is 0 Å². The third-order valence-corrected chi connectivity index (χ3v) is 3.10. The Kier molecular flexibility index (Phi) is 11.0. The Labute approximate surface area is 159 Å². The average molecular weight is 408 g/mol. The Bertz CT molecular complexity index is 644. The van der Waals surface area contributed by atoms with Crippen molar-refractivity contribution >= 4 is 50.6 Å². The zero-order valence-electron chi connectivity index (χ0n) is 12.1. The Balaban J connectivity index is 0.000000334. The minimum atomic E-state index is 0. The molecule has 0 spiro atoms. The summed E-state index contributed by atoms with van der Waals surface area (Å²) in [5.41, 5.74) is 0. The van der Waals surface area contributed by atoms with Crippen LogP contribution in [0.15, 0.2) is 84.9 Å². The molecule has 0 saturated carbocycles. The third-order valence-electron chi connectivity index (χ3n) is 3.10. The van der Waals surface area contributed by atoms with Gasteiger partial charge in [-0.3, -0.25) is 0 Å². The molecule has 0 aliphatic rings. The van der Waals surface area contributed by atoms with Gasteiger partial charge in [-0.15, -0.1) is 84.1 Å². The second kappa shape index (κ2) is 11.5. The van der Waals surface area contributed by atoms with Gasteiger partial charge in [0.15, 0.2) is 0 Å². The summed E-state index contributed by atoms with van der Waals surface area (Å²) in [6.45, 7) is 0. The van der Waals surface area contributed by atoms with E-state index in [4.69, 9.17) is 0 Å². The molecule has 0 aromatic heterocycles. The van der Waals surface area contributed by atoms with Crippen molar-refractivity contribution in [2.45, 2.75) is 0 Å². The molecule has 0 unspecified atom stereocenters. The van der Waals surface area contributed by atoms with Crippen molar-refractivity contribution in [1.29, 1.82) is 0 Å². The minimum Gasteiger partial charge on any atom is -0.168 e. The number of rotatable bonds is 0. The molecular weight excluding hydrogens is 390 g/mol. The summed E-state index contributed by atoms with van der Waals surface area (Å²) < 4.78 is 3.34. The van der Waals surface area contributed by atoms with Crippen LogP contribution in [0.5, 0.6) is 0 Å². The Morgan fingerprint density at radius 3 is 1.32 bits per heavy atom. The van der Waals surface area contributed by atoms with Crippen molar-refractivity contribution in [3.63, 3.8) is 0 Å². The summed E-state index contributed by atoms with van der Waals surface area (Å²) >= 11 is 1.30. The van der Waals surface area contributed by atoms with Gasteiger partial charge < -0.3 is 0 Å². The van der Waals surface area contributed by atoms with Crippen molar-refractivity contribution in [1.82, 2.24) is 0 Å². The molecule has 0 radical (unpaired) electrons. The van der Waals surface area contributed by atoms with Crippen LogP contribution >= 0.6 is 24.8 Å². The molecule has 3 heteroatoms. The first-order valence-corrected chi connectivity index (χ1v) is 8.23. The van der Waals surface area contributed by atoms with E-state index in [1.807, 2.05) is 0 Å². The van der Waals surface area contributed by atoms with Crippen molar-refractivity contribution in [2.75, 3.05) is 0 Å². The van der Waals surface area contributed by atoms with Crippen molar-refractivity contribution < 1.29 is 24.2 Å². The predicted molar refractivity (Wildman–Crippen MR) is 101 cm³/mol. The standard InChI is InChI=1S/2C9H7.CH2.2ClH.Zr/c2*1-2-5-9-7-3-6-8(9)4-1;;;;/h2*1-7H;1H2;2*1H;/q2*-1;;;;+2. The van der Waals surface area contributed by atoms with E-state index >= 15 is 0 Å². The molecule has 0 heterocycles. The van der Waals surface area contributed by atoms with Gasteiger partial charge in [0.25, 0.3) is 0 Å². The molecule has 0 aliphatic heterocycles. The van der Waals surface area contributed by atoms with Gasteiger partial charge in [-0.05, 0) is 0 Å². The fraction of sp³-hybridized carbons (Fsp3) is 0. The van der Waals surface area contributed by atoms with E-state index in [1.54, 1.807) is 0 Å². The van der Waals surface area contributed by atoms with Crippen LogP contribution in [0.2, 0.25) is 0 Å². The van der Waals surface area contributed by atoms with Gasteiger partial charge in [0.2, 0.25) is 0 Å². The molecule has 0 fully saturated rings. The van der Waals surface area contributed by atoms with E-state index in [2.05, 4.69) is 89.1 Å². The second-order valence-electron chi connectivity index (χ2n) is 4.31. The van der Waals surface area contributed by atoms with Crippen LogP contribution in [0.25, 0.3) is 21.5 Å². The summed E-state index contributed by atoms with van der Waals surface area (Å²) in [6.07, 6.45) is 0. The fourth-order valence-electron chi connectivity index (χ4n) is 2.14. The van der Waals surface area contributed by atoms with Crippen LogP contribution in [0.1, 0.15) is 0 Å². The quantitative estimate of drug-likeness (QED) is 0.317. The zero-order chi connectivity index (χ0) is 14.2. The number of benzene rings is 2. The van der Waals surface area contributed by atoms with Crippen molar-refractivity contribution in [2.24, 2.45) is 0 Å². The largest absolute Gasteiger partial charge is 0.168 e. The van der Waals surface area contributed by atoms with E-state index in [9.17, 15) is 0 Å². The molecule has 4 rings (SSSR count). The van der Waals surface area contributed by atoms with Gasteiger partial charge in [0.05, 0.1) is 0 Å². The SMILES string of the molecule is Cl.Cl.[CH2]=[Zr+2].c1ccc2[cH-]ccc2c1.c1ccc2[cH-]ccc2c1. The van der Waals surface area contributed by atoms with Crippen molar-refractivity contribution in [3.05, 3.63) is 84.9 Å². The zero-order valence-corrected chi connectivity index (χ0v) is 16.2. The van der Waals surface area contributed by atoms with E-state index in [0.29, 0.717) is 0 Å². The number of halogens is 2. The van der Waals surface area contributed by atoms with Crippen LogP contribution in [-0.4, -0.2) is 4.21 Å². The summed E-state index contributed by atoms with van der Waals surface area (Å²) in [6, 6.07) is 29.3. The number of hydrogen-bond donors (Lipinski definition) is 0. The normalized spacial score (nSPS) is 8.64. The molecule has 0 amide bonds. The Morgan fingerprint density at radius 1 is 0.591 bits per heavy atom. The molecule has 0 N–H and O–H groups in total. The molecule has 0 aliphatic carbocycles. The molecule has 22 heavy (non-hydrogen) atoms. The minimum absolute atomic E-state index is 0. The summed E-state index contributed by atoms with van der Waals surface area (Å²) in [5, 5.41) is 5.32. The summed E-state index contributed by atoms with van der Waals surface area (Å²) in [5.74, 6) is 0. The number of fused-ring (bicyclic) bond motifs is 2. The molecule has 0 bridgehead atoms. The molecule has 0 atom stereocenters. The van der Waals surface area contributed by atoms with Gasteiger partial charge >= 0.3 is 28.4 Å². The fourth-order valence-corrected chi connectivity index (χ4v) is 2.14. The van der Waals surface area contributed by atoms with E-state index in [1.165, 1.54) is 45.8 Å². The van der Waals surface area contributed by atoms with Gasteiger partial charge in [0, 0.05) is 0 Å². The molecule has 0 saturated heterocycles. The number of hydrogen-bond acceptors (Lipinski definition) is 0. The second-order valence-corrected chi connectivity index (χ2v) is 4.31. The summed E-state index contributed by atoms with van der Waals surface area (Å²) in [4.78, 5) is 0. The smallest absolute Gasteiger partial charge is 0.0809 e. The molecular formula is C19H18Cl2Zr. The maximum atomic E-state index is 3.34. The summed E-state index contributed by atoms with van der Waals surface area (Å²) in [7, 11) is 0. The van der Waals surface area contributed by atoms with E-state index < -0.39 is 0 Å². The van der Waals surface area contributed by atoms with E-state index in [-0.39, 0.29) is 24.8 Å². The third kappa shape index (κ3) is 5.65. The Morgan fingerprint density at radius 2 is 0.955 bits per heavy atom. The van der Waals surface area contributed by atoms with Crippen LogP contribution in [-0.2, 0) is 24.2 Å². The molecule has 112 valence electrons. The van der Waals surface area contributed by atoms with Gasteiger partial charge in [-0.1, -0.05) is 12.1 Å². The predicted octanol–water partition coefficient (Wildman–Crippen LogP) is 5.93. The van der Waals surface area contributed by atoms with Gasteiger partial charge in [0.1, 0.15) is 0 Å². The monoisotopic (exact) mass is 406 g/mol. The van der Waals surface area contributed by atoms with E-state index in [0.717, 1.165) is 0 Å². The first-order valence-electron chi connectivity index (χ1n) is 6.50. The Hall–Kier alpha value is -1.01. The van der Waals surface area contributed by atoms with Crippen molar-refractivity contribution in [3.8, 4) is 0 Å². The topological polar surface area (TPSA) is 0 Å². The van der Waals surface area contributed by atoms with Crippen LogP contribution < -0.4 is 0 Å². The van der Waals surface area contributed by atoms with Crippen LogP contribution in [0, 0.1) is 0 Å². The first-order chi connectivity index (χ1) is 9.93. The average Bonchev–Trinajstić information content (AvgIpc) is 3.18. The maximum absolute atomic E-state index is 3.34. The maximum Gasteiger partial charge on any atom is -0.0809 e. The first kappa shape index (κ1) is 21.0. The van der Waals surface area contributed by atoms with Crippen LogP contribution in [0.4, 0.5) is 0 Å². The van der Waals surface area contributed by atoms with Gasteiger partial charge in [-0.2, -0.15) is 35.0 Å². The van der Waals surface area contributed by atoms with Gasteiger partial charge in [-0.25, -0.2) is 0 Å².